The first-order valence-electron chi connectivity index (χ1n) is 7.95. The second kappa shape index (κ2) is 7.48. The van der Waals surface area contributed by atoms with Gasteiger partial charge in [-0.25, -0.2) is 4.99 Å². The second-order valence-corrected chi connectivity index (χ2v) is 6.23. The van der Waals surface area contributed by atoms with Crippen LogP contribution in [-0.2, 0) is 6.54 Å². The fourth-order valence-corrected chi connectivity index (χ4v) is 2.82. The molecule has 132 valence electrons. The van der Waals surface area contributed by atoms with Gasteiger partial charge in [0.2, 0.25) is 0 Å². The largest absolute Gasteiger partial charge is 0.467 e. The van der Waals surface area contributed by atoms with Gasteiger partial charge in [0.15, 0.2) is 5.96 Å². The molecule has 8 heteroatoms. The quantitative estimate of drug-likeness (QED) is 0.637. The summed E-state index contributed by atoms with van der Waals surface area (Å²) in [6.45, 7) is 3.54. The Morgan fingerprint density at radius 3 is 2.44 bits per heavy atom. The zero-order valence-electron chi connectivity index (χ0n) is 13.7. The predicted octanol–water partition coefficient (Wildman–Crippen LogP) is 1.67. The predicted molar refractivity (Wildman–Crippen MR) is 97.8 cm³/mol. The van der Waals surface area contributed by atoms with Crippen LogP contribution < -0.4 is 16.4 Å². The Morgan fingerprint density at radius 1 is 1.16 bits per heavy atom. The summed E-state index contributed by atoms with van der Waals surface area (Å²) in [5, 5.41) is 0.733. The van der Waals surface area contributed by atoms with Crippen molar-refractivity contribution in [3.8, 4) is 0 Å². The van der Waals surface area contributed by atoms with Crippen LogP contribution in [-0.4, -0.2) is 42.9 Å². The summed E-state index contributed by atoms with van der Waals surface area (Å²) in [7, 11) is 0. The number of furan rings is 1. The summed E-state index contributed by atoms with van der Waals surface area (Å²) in [6, 6.07) is 9.40. The number of primary amides is 1. The first-order chi connectivity index (χ1) is 12.0. The van der Waals surface area contributed by atoms with E-state index in [9.17, 15) is 4.79 Å². The number of aliphatic imine (C=N–C) groups is 1. The minimum atomic E-state index is -0.523. The highest BCUT2D eigenvalue weighted by molar-refractivity contribution is 6.30. The highest BCUT2D eigenvalue weighted by Crippen LogP contribution is 2.19. The highest BCUT2D eigenvalue weighted by atomic mass is 35.5. The van der Waals surface area contributed by atoms with Gasteiger partial charge in [-0.3, -0.25) is 4.79 Å². The molecule has 1 aliphatic rings. The molecule has 2 aromatic rings. The number of nitrogens with two attached hydrogens (primary N) is 2. The van der Waals surface area contributed by atoms with E-state index in [2.05, 4.69) is 9.89 Å². The topological polar surface area (TPSA) is 101 Å². The zero-order valence-corrected chi connectivity index (χ0v) is 14.4. The maximum atomic E-state index is 11.0. The summed E-state index contributed by atoms with van der Waals surface area (Å²) >= 11 is 5.93. The second-order valence-electron chi connectivity index (χ2n) is 5.79. The molecule has 3 rings (SSSR count). The van der Waals surface area contributed by atoms with Crippen molar-refractivity contribution in [3.05, 3.63) is 52.9 Å². The molecule has 0 saturated carbocycles. The van der Waals surface area contributed by atoms with E-state index in [0.717, 1.165) is 36.9 Å². The average Bonchev–Trinajstić information content (AvgIpc) is 3.10. The van der Waals surface area contributed by atoms with Crippen LogP contribution >= 0.6 is 11.6 Å². The first kappa shape index (κ1) is 17.2. The number of anilines is 1. The van der Waals surface area contributed by atoms with Crippen molar-refractivity contribution in [1.29, 1.82) is 0 Å². The van der Waals surface area contributed by atoms with Gasteiger partial charge >= 0.3 is 0 Å². The standard InChI is InChI=1S/C17H20ClN5O2/c18-13-1-3-14(4-2-13)22-5-7-23(8-6-22)17(20)21-10-15-9-12(11-25-15)16(19)24/h1-4,9,11H,5-8,10H2,(H2,19,24)(H2,20,21). The number of piperazine rings is 1. The molecule has 2 heterocycles. The SMILES string of the molecule is NC(=O)c1coc(CN=C(N)N2CCN(c3ccc(Cl)cc3)CC2)c1. The molecule has 0 spiro atoms. The van der Waals surface area contributed by atoms with Gasteiger partial charge in [0.05, 0.1) is 5.56 Å². The van der Waals surface area contributed by atoms with Gasteiger partial charge in [-0.15, -0.1) is 0 Å². The number of carbonyl (C=O) groups is 1. The van der Waals surface area contributed by atoms with Crippen LogP contribution in [0.5, 0.6) is 0 Å². The lowest BCUT2D eigenvalue weighted by Gasteiger charge is -2.36. The van der Waals surface area contributed by atoms with E-state index in [1.807, 2.05) is 29.2 Å². The molecule has 1 saturated heterocycles. The molecule has 7 nitrogen and oxygen atoms in total. The van der Waals surface area contributed by atoms with Crippen molar-refractivity contribution < 1.29 is 9.21 Å². The average molecular weight is 362 g/mol. The Bertz CT molecular complexity index is 764. The van der Waals surface area contributed by atoms with E-state index in [1.54, 1.807) is 6.07 Å². The van der Waals surface area contributed by atoms with Crippen LogP contribution in [0.4, 0.5) is 5.69 Å². The molecule has 1 aliphatic heterocycles. The highest BCUT2D eigenvalue weighted by Gasteiger charge is 2.18. The minimum absolute atomic E-state index is 0.274. The van der Waals surface area contributed by atoms with E-state index < -0.39 is 5.91 Å². The number of halogens is 1. The molecule has 0 radical (unpaired) electrons. The minimum Gasteiger partial charge on any atom is -0.467 e. The lowest BCUT2D eigenvalue weighted by molar-refractivity contribution is 0.0999. The van der Waals surface area contributed by atoms with Crippen LogP contribution in [0.2, 0.25) is 5.02 Å². The Labute approximate surface area is 150 Å². The van der Waals surface area contributed by atoms with Crippen molar-refractivity contribution in [2.24, 2.45) is 16.5 Å². The molecule has 0 atom stereocenters. The van der Waals surface area contributed by atoms with E-state index >= 15 is 0 Å². The number of hydrogen-bond acceptors (Lipinski definition) is 4. The van der Waals surface area contributed by atoms with E-state index in [4.69, 9.17) is 27.5 Å². The van der Waals surface area contributed by atoms with E-state index in [1.165, 1.54) is 6.26 Å². The number of rotatable bonds is 4. The normalized spacial score (nSPS) is 15.5. The van der Waals surface area contributed by atoms with Gasteiger partial charge < -0.3 is 25.7 Å². The summed E-state index contributed by atoms with van der Waals surface area (Å²) < 4.78 is 5.25. The third-order valence-corrected chi connectivity index (χ3v) is 4.38. The monoisotopic (exact) mass is 361 g/mol. The smallest absolute Gasteiger partial charge is 0.251 e. The maximum Gasteiger partial charge on any atom is 0.251 e. The van der Waals surface area contributed by atoms with Crippen molar-refractivity contribution in [2.45, 2.75) is 6.54 Å². The van der Waals surface area contributed by atoms with Crippen molar-refractivity contribution in [3.63, 3.8) is 0 Å². The molecule has 0 bridgehead atoms. The van der Waals surface area contributed by atoms with Gasteiger partial charge in [-0.05, 0) is 30.3 Å². The number of guanidine groups is 1. The van der Waals surface area contributed by atoms with Crippen LogP contribution in [0.25, 0.3) is 0 Å². The zero-order chi connectivity index (χ0) is 17.8. The number of hydrogen-bond donors (Lipinski definition) is 2. The molecule has 1 aromatic carbocycles. The van der Waals surface area contributed by atoms with Gasteiger partial charge in [0, 0.05) is 36.9 Å². The van der Waals surface area contributed by atoms with Gasteiger partial charge in [-0.2, -0.15) is 0 Å². The molecule has 1 amide bonds. The summed E-state index contributed by atoms with van der Waals surface area (Å²) in [4.78, 5) is 19.7. The fourth-order valence-electron chi connectivity index (χ4n) is 2.70. The molecule has 0 aliphatic carbocycles. The lowest BCUT2D eigenvalue weighted by Crippen LogP contribution is -2.51. The molecule has 4 N–H and O–H groups in total. The Hall–Kier alpha value is -2.67. The molecular formula is C17H20ClN5O2. The van der Waals surface area contributed by atoms with Crippen molar-refractivity contribution in [2.75, 3.05) is 31.1 Å². The van der Waals surface area contributed by atoms with E-state index in [0.29, 0.717) is 17.3 Å². The van der Waals surface area contributed by atoms with Gasteiger partial charge in [-0.1, -0.05) is 11.6 Å². The van der Waals surface area contributed by atoms with Gasteiger partial charge in [0.1, 0.15) is 18.6 Å². The third kappa shape index (κ3) is 4.24. The lowest BCUT2D eigenvalue weighted by atomic mass is 10.2. The molecule has 1 fully saturated rings. The van der Waals surface area contributed by atoms with Crippen molar-refractivity contribution in [1.82, 2.24) is 4.90 Å². The number of amides is 1. The Morgan fingerprint density at radius 2 is 1.84 bits per heavy atom. The van der Waals surface area contributed by atoms with Crippen LogP contribution in [0.3, 0.4) is 0 Å². The Balaban J connectivity index is 1.54. The molecule has 1 aromatic heterocycles. The summed E-state index contributed by atoms with van der Waals surface area (Å²) in [6.07, 6.45) is 1.33. The fraction of sp³-hybridized carbons (Fsp3) is 0.294. The summed E-state index contributed by atoms with van der Waals surface area (Å²) in [5.74, 6) is 0.495. The number of benzene rings is 1. The summed E-state index contributed by atoms with van der Waals surface area (Å²) in [5.41, 5.74) is 12.7. The van der Waals surface area contributed by atoms with Crippen LogP contribution in [0.1, 0.15) is 16.1 Å². The maximum absolute atomic E-state index is 11.0. The third-order valence-electron chi connectivity index (χ3n) is 4.13. The van der Waals surface area contributed by atoms with Crippen LogP contribution in [0, 0.1) is 0 Å². The molecule has 0 unspecified atom stereocenters. The van der Waals surface area contributed by atoms with E-state index in [-0.39, 0.29) is 6.54 Å². The Kier molecular flexibility index (Phi) is 5.14. The molecular weight excluding hydrogens is 342 g/mol. The first-order valence-corrected chi connectivity index (χ1v) is 8.33. The van der Waals surface area contributed by atoms with Gasteiger partial charge in [0.25, 0.3) is 5.91 Å². The van der Waals surface area contributed by atoms with Crippen molar-refractivity contribution >= 4 is 29.2 Å². The van der Waals surface area contributed by atoms with Crippen LogP contribution in [0.15, 0.2) is 46.0 Å². The number of carbonyl (C=O) groups excluding carboxylic acids is 1. The molecule has 25 heavy (non-hydrogen) atoms. The number of nitrogens with zero attached hydrogens (tertiary/aromatic N) is 3.